The third-order valence-corrected chi connectivity index (χ3v) is 8.96. The summed E-state index contributed by atoms with van der Waals surface area (Å²) in [5, 5.41) is 17.6. The van der Waals surface area contributed by atoms with E-state index < -0.39 is 18.3 Å². The van der Waals surface area contributed by atoms with E-state index in [-0.39, 0.29) is 37.9 Å². The number of carbonyl (C=O) groups is 3. The van der Waals surface area contributed by atoms with Crippen molar-refractivity contribution in [1.29, 1.82) is 0 Å². The van der Waals surface area contributed by atoms with Crippen LogP contribution in [0.15, 0.2) is 102 Å². The number of amides is 3. The zero-order chi connectivity index (χ0) is 34.6. The first-order valence-corrected chi connectivity index (χ1v) is 17.2. The molecule has 5 rings (SSSR count). The van der Waals surface area contributed by atoms with Crippen LogP contribution in [0.3, 0.4) is 0 Å². The minimum atomic E-state index is -0.582. The summed E-state index contributed by atoms with van der Waals surface area (Å²) in [5.41, 5.74) is 6.42. The Labute approximate surface area is 290 Å². The molecule has 3 amide bonds. The molecule has 0 saturated carbocycles. The first kappa shape index (κ1) is 35.6. The fourth-order valence-corrected chi connectivity index (χ4v) is 6.27. The van der Waals surface area contributed by atoms with Crippen molar-refractivity contribution in [3.63, 3.8) is 0 Å². The highest BCUT2D eigenvalue weighted by Crippen LogP contribution is 2.40. The Morgan fingerprint density at radius 1 is 0.857 bits per heavy atom. The number of aliphatic hydroxyl groups is 1. The van der Waals surface area contributed by atoms with E-state index in [2.05, 4.69) is 16.0 Å². The Bertz CT molecular complexity index is 1700. The highest BCUT2D eigenvalue weighted by Gasteiger charge is 2.32. The van der Waals surface area contributed by atoms with E-state index in [0.717, 1.165) is 44.0 Å². The topological polar surface area (TPSA) is 135 Å². The minimum Gasteiger partial charge on any atom is -0.465 e. The van der Waals surface area contributed by atoms with Crippen molar-refractivity contribution in [2.45, 2.75) is 56.8 Å². The lowest BCUT2D eigenvalue weighted by Crippen LogP contribution is -2.38. The minimum absolute atomic E-state index is 0.0181. The number of benzene rings is 4. The van der Waals surface area contributed by atoms with Gasteiger partial charge in [0.2, 0.25) is 5.91 Å². The summed E-state index contributed by atoms with van der Waals surface area (Å²) in [6, 6.07) is 31.1. The summed E-state index contributed by atoms with van der Waals surface area (Å²) < 4.78 is 17.9. The standard InChI is InChI=1S/C38H41N3O7S/c1-3-46-36(44)22-40-38(45)39-21-27-5-4-6-31(19-27)28-11-13-30(14-12-28)37-47-33(20-35(48-37)29-9-7-26(23-42)8-10-29)24-49-34-17-15-32(16-18-34)41-25(2)43/h4-19,33,35,37,42H,3,20-24H2,1-2H3,(H,41,43)(H2,39,40,45)/t33-,35+,37+/m1/s1. The molecule has 0 aromatic heterocycles. The summed E-state index contributed by atoms with van der Waals surface area (Å²) in [6.45, 7) is 3.55. The summed E-state index contributed by atoms with van der Waals surface area (Å²) in [5.74, 6) is 0.120. The van der Waals surface area contributed by atoms with Gasteiger partial charge in [-0.15, -0.1) is 11.8 Å². The van der Waals surface area contributed by atoms with Crippen molar-refractivity contribution in [3.05, 3.63) is 119 Å². The van der Waals surface area contributed by atoms with Crippen LogP contribution in [-0.2, 0) is 37.0 Å². The van der Waals surface area contributed by atoms with Gasteiger partial charge in [0, 0.05) is 41.8 Å². The lowest BCUT2D eigenvalue weighted by molar-refractivity contribution is -0.245. The molecule has 3 atom stereocenters. The second-order valence-electron chi connectivity index (χ2n) is 11.5. The molecule has 4 N–H and O–H groups in total. The van der Waals surface area contributed by atoms with Gasteiger partial charge in [-0.1, -0.05) is 66.7 Å². The van der Waals surface area contributed by atoms with Crippen LogP contribution in [0, 0.1) is 0 Å². The number of rotatable bonds is 13. The molecule has 0 radical (unpaired) electrons. The summed E-state index contributed by atoms with van der Waals surface area (Å²) >= 11 is 1.69. The van der Waals surface area contributed by atoms with E-state index >= 15 is 0 Å². The third kappa shape index (κ3) is 10.7. The number of anilines is 1. The number of carbonyl (C=O) groups excluding carboxylic acids is 3. The molecule has 4 aromatic rings. The van der Waals surface area contributed by atoms with Crippen molar-refractivity contribution < 1.29 is 33.7 Å². The number of hydrogen-bond donors (Lipinski definition) is 4. The molecule has 1 aliphatic heterocycles. The molecule has 0 aliphatic carbocycles. The first-order chi connectivity index (χ1) is 23.8. The van der Waals surface area contributed by atoms with Gasteiger partial charge in [0.05, 0.1) is 25.4 Å². The van der Waals surface area contributed by atoms with Gasteiger partial charge in [-0.3, -0.25) is 9.59 Å². The fourth-order valence-electron chi connectivity index (χ4n) is 5.35. The van der Waals surface area contributed by atoms with E-state index in [1.807, 2.05) is 97.1 Å². The van der Waals surface area contributed by atoms with Gasteiger partial charge in [0.25, 0.3) is 0 Å². The Hall–Kier alpha value is -4.68. The average molecular weight is 684 g/mol. The van der Waals surface area contributed by atoms with Crippen LogP contribution in [0.25, 0.3) is 11.1 Å². The van der Waals surface area contributed by atoms with E-state index in [1.165, 1.54) is 6.92 Å². The normalized spacial score (nSPS) is 17.2. The van der Waals surface area contributed by atoms with Gasteiger partial charge in [0.15, 0.2) is 6.29 Å². The number of ether oxygens (including phenoxy) is 3. The number of esters is 1. The maximum absolute atomic E-state index is 12.1. The number of hydrogen-bond acceptors (Lipinski definition) is 8. The highest BCUT2D eigenvalue weighted by atomic mass is 32.2. The molecule has 1 saturated heterocycles. The molecule has 4 aromatic carbocycles. The zero-order valence-electron chi connectivity index (χ0n) is 27.5. The maximum Gasteiger partial charge on any atom is 0.325 e. The van der Waals surface area contributed by atoms with Crippen LogP contribution in [0.5, 0.6) is 0 Å². The maximum atomic E-state index is 12.1. The van der Waals surface area contributed by atoms with E-state index in [1.54, 1.807) is 18.7 Å². The molecule has 256 valence electrons. The largest absolute Gasteiger partial charge is 0.465 e. The van der Waals surface area contributed by atoms with Gasteiger partial charge < -0.3 is 35.3 Å². The molecule has 1 aliphatic rings. The van der Waals surface area contributed by atoms with Gasteiger partial charge in [0.1, 0.15) is 6.54 Å². The van der Waals surface area contributed by atoms with Crippen molar-refractivity contribution in [2.75, 3.05) is 24.2 Å². The molecule has 11 heteroatoms. The van der Waals surface area contributed by atoms with Crippen LogP contribution >= 0.6 is 11.8 Å². The molecule has 49 heavy (non-hydrogen) atoms. The number of nitrogens with one attached hydrogen (secondary N) is 3. The summed E-state index contributed by atoms with van der Waals surface area (Å²) in [6.07, 6.45) is -0.204. The average Bonchev–Trinajstić information content (AvgIpc) is 3.13. The van der Waals surface area contributed by atoms with Gasteiger partial charge in [-0.25, -0.2) is 4.79 Å². The van der Waals surface area contributed by atoms with Gasteiger partial charge in [-0.2, -0.15) is 0 Å². The highest BCUT2D eigenvalue weighted by molar-refractivity contribution is 7.99. The number of urea groups is 1. The zero-order valence-corrected chi connectivity index (χ0v) is 28.3. The summed E-state index contributed by atoms with van der Waals surface area (Å²) in [7, 11) is 0. The lowest BCUT2D eigenvalue weighted by Gasteiger charge is -2.36. The quantitative estimate of drug-likeness (QED) is 0.0927. The SMILES string of the molecule is CCOC(=O)CNC(=O)NCc1cccc(-c2ccc([C@H]3O[C@@H](CSc4ccc(NC(C)=O)cc4)C[C@@H](c4ccc(CO)cc4)O3)cc2)c1. The lowest BCUT2D eigenvalue weighted by atomic mass is 9.99. The predicted octanol–water partition coefficient (Wildman–Crippen LogP) is 6.50. The van der Waals surface area contributed by atoms with Crippen LogP contribution in [-0.4, -0.2) is 48.0 Å². The van der Waals surface area contributed by atoms with E-state index in [4.69, 9.17) is 14.2 Å². The molecular formula is C38H41N3O7S. The molecule has 0 spiro atoms. The number of thioether (sulfide) groups is 1. The van der Waals surface area contributed by atoms with E-state index in [0.29, 0.717) is 18.7 Å². The van der Waals surface area contributed by atoms with Crippen molar-refractivity contribution in [3.8, 4) is 11.1 Å². The molecule has 10 nitrogen and oxygen atoms in total. The second kappa shape index (κ2) is 17.6. The van der Waals surface area contributed by atoms with Crippen LogP contribution in [0.4, 0.5) is 10.5 Å². The smallest absolute Gasteiger partial charge is 0.325 e. The Balaban J connectivity index is 1.25. The summed E-state index contributed by atoms with van der Waals surface area (Å²) in [4.78, 5) is 36.0. The van der Waals surface area contributed by atoms with Crippen LogP contribution < -0.4 is 16.0 Å². The Kier molecular flexibility index (Phi) is 12.8. The van der Waals surface area contributed by atoms with Gasteiger partial charge in [-0.05, 0) is 65.1 Å². The third-order valence-electron chi connectivity index (χ3n) is 7.82. The Morgan fingerprint density at radius 3 is 2.29 bits per heavy atom. The van der Waals surface area contributed by atoms with Crippen LogP contribution in [0.2, 0.25) is 0 Å². The predicted molar refractivity (Wildman–Crippen MR) is 189 cm³/mol. The van der Waals surface area contributed by atoms with Crippen molar-refractivity contribution in [2.24, 2.45) is 0 Å². The molecule has 0 bridgehead atoms. The molecular weight excluding hydrogens is 642 g/mol. The fraction of sp³-hybridized carbons (Fsp3) is 0.289. The second-order valence-corrected chi connectivity index (χ2v) is 12.6. The van der Waals surface area contributed by atoms with Crippen molar-refractivity contribution >= 4 is 35.4 Å². The van der Waals surface area contributed by atoms with Crippen LogP contribution in [0.1, 0.15) is 54.9 Å². The monoisotopic (exact) mass is 683 g/mol. The molecule has 1 heterocycles. The molecule has 1 fully saturated rings. The van der Waals surface area contributed by atoms with Crippen molar-refractivity contribution in [1.82, 2.24) is 10.6 Å². The Morgan fingerprint density at radius 2 is 1.59 bits per heavy atom. The molecule has 0 unspecified atom stereocenters. The number of aliphatic hydroxyl groups excluding tert-OH is 1. The van der Waals surface area contributed by atoms with Gasteiger partial charge >= 0.3 is 12.0 Å². The van der Waals surface area contributed by atoms with E-state index in [9.17, 15) is 19.5 Å². The first-order valence-electron chi connectivity index (χ1n) is 16.2.